The second-order valence-corrected chi connectivity index (χ2v) is 5.30. The Morgan fingerprint density at radius 1 is 1.45 bits per heavy atom. The van der Waals surface area contributed by atoms with Gasteiger partial charge in [0.2, 0.25) is 0 Å². The first kappa shape index (κ1) is 14.6. The lowest BCUT2D eigenvalue weighted by atomic mass is 10.1. The van der Waals surface area contributed by atoms with Crippen molar-refractivity contribution in [1.82, 2.24) is 0 Å². The molecule has 0 aliphatic carbocycles. The molecule has 5 heteroatoms. The molecule has 0 saturated carbocycles. The summed E-state index contributed by atoms with van der Waals surface area (Å²) in [4.78, 5) is 18.3. The molecule has 1 aromatic rings. The molecule has 0 spiro atoms. The van der Waals surface area contributed by atoms with Gasteiger partial charge in [-0.1, -0.05) is 12.1 Å². The summed E-state index contributed by atoms with van der Waals surface area (Å²) in [6, 6.07) is 5.87. The maximum absolute atomic E-state index is 11.6. The van der Waals surface area contributed by atoms with Crippen LogP contribution in [-0.4, -0.2) is 38.5 Å². The number of aliphatic imine (C=N–C) groups is 1. The molecule has 116 valence electrons. The minimum Gasteiger partial charge on any atom is -0.490 e. The van der Waals surface area contributed by atoms with E-state index in [1.54, 1.807) is 0 Å². The van der Waals surface area contributed by atoms with Crippen LogP contribution in [0.5, 0.6) is 5.75 Å². The Kier molecular flexibility index (Phi) is 4.42. The van der Waals surface area contributed by atoms with Crippen molar-refractivity contribution < 1.29 is 14.3 Å². The molecular weight excluding hydrogens is 280 g/mol. The van der Waals surface area contributed by atoms with Crippen molar-refractivity contribution in [2.24, 2.45) is 4.99 Å². The van der Waals surface area contributed by atoms with Crippen molar-refractivity contribution in [2.45, 2.75) is 19.8 Å². The van der Waals surface area contributed by atoms with Crippen molar-refractivity contribution >= 4 is 17.9 Å². The second-order valence-electron chi connectivity index (χ2n) is 5.30. The third kappa shape index (κ3) is 3.30. The van der Waals surface area contributed by atoms with E-state index in [9.17, 15) is 4.79 Å². The van der Waals surface area contributed by atoms with Gasteiger partial charge in [0.05, 0.1) is 37.5 Å². The molecule has 0 N–H and O–H groups in total. The number of carbonyl (C=O) groups excluding carboxylic acids is 1. The first-order valence-electron chi connectivity index (χ1n) is 7.64. The van der Waals surface area contributed by atoms with E-state index in [-0.39, 0.29) is 12.4 Å². The first-order chi connectivity index (χ1) is 10.8. The standard InChI is InChI=1S/C17H20N2O3/c1-2-21-17(20)11-13-5-6-16-15(10-13)19(8-9-22-16)12-14-4-3-7-18-14/h4-7,10H,2-3,8-9,11-12H2,1H3. The van der Waals surface area contributed by atoms with Gasteiger partial charge in [0.15, 0.2) is 0 Å². The molecule has 2 aliphatic rings. The lowest BCUT2D eigenvalue weighted by Crippen LogP contribution is -2.34. The molecule has 2 aliphatic heterocycles. The summed E-state index contributed by atoms with van der Waals surface area (Å²) < 4.78 is 10.7. The Morgan fingerprint density at radius 2 is 2.36 bits per heavy atom. The SMILES string of the molecule is CCOC(=O)Cc1ccc2c(c1)N(CC1=CCC=N1)CCO2. The Morgan fingerprint density at radius 3 is 3.14 bits per heavy atom. The van der Waals surface area contributed by atoms with Crippen molar-refractivity contribution in [3.8, 4) is 5.75 Å². The van der Waals surface area contributed by atoms with Crippen LogP contribution in [0.3, 0.4) is 0 Å². The summed E-state index contributed by atoms with van der Waals surface area (Å²) in [5, 5.41) is 0. The van der Waals surface area contributed by atoms with Crippen molar-refractivity contribution in [3.05, 3.63) is 35.5 Å². The molecule has 0 fully saturated rings. The fourth-order valence-electron chi connectivity index (χ4n) is 2.68. The predicted octanol–water partition coefficient (Wildman–Crippen LogP) is 2.35. The van der Waals surface area contributed by atoms with E-state index in [0.29, 0.717) is 13.2 Å². The third-order valence-corrected chi connectivity index (χ3v) is 3.71. The molecule has 0 atom stereocenters. The van der Waals surface area contributed by atoms with Gasteiger partial charge in [-0.2, -0.15) is 0 Å². The van der Waals surface area contributed by atoms with E-state index in [0.717, 1.165) is 42.2 Å². The number of hydrogen-bond donors (Lipinski definition) is 0. The molecule has 3 rings (SSSR count). The molecule has 22 heavy (non-hydrogen) atoms. The largest absolute Gasteiger partial charge is 0.490 e. The monoisotopic (exact) mass is 300 g/mol. The third-order valence-electron chi connectivity index (χ3n) is 3.71. The molecule has 0 unspecified atom stereocenters. The van der Waals surface area contributed by atoms with E-state index in [1.165, 1.54) is 0 Å². The van der Waals surface area contributed by atoms with E-state index in [4.69, 9.17) is 9.47 Å². The fourth-order valence-corrected chi connectivity index (χ4v) is 2.68. The summed E-state index contributed by atoms with van der Waals surface area (Å²) in [7, 11) is 0. The van der Waals surface area contributed by atoms with Gasteiger partial charge in [0.1, 0.15) is 12.4 Å². The summed E-state index contributed by atoms with van der Waals surface area (Å²) >= 11 is 0. The van der Waals surface area contributed by atoms with Crippen LogP contribution in [0.25, 0.3) is 0 Å². The van der Waals surface area contributed by atoms with Crippen LogP contribution in [0.1, 0.15) is 18.9 Å². The highest BCUT2D eigenvalue weighted by Gasteiger charge is 2.20. The lowest BCUT2D eigenvalue weighted by molar-refractivity contribution is -0.142. The van der Waals surface area contributed by atoms with Crippen LogP contribution in [0.15, 0.2) is 35.0 Å². The molecule has 0 radical (unpaired) electrons. The number of hydrogen-bond acceptors (Lipinski definition) is 5. The van der Waals surface area contributed by atoms with E-state index in [1.807, 2.05) is 31.3 Å². The number of rotatable bonds is 5. The molecule has 5 nitrogen and oxygen atoms in total. The number of nitrogens with zero attached hydrogens (tertiary/aromatic N) is 2. The highest BCUT2D eigenvalue weighted by Crippen LogP contribution is 2.33. The Balaban J connectivity index is 1.78. The second kappa shape index (κ2) is 6.64. The fraction of sp³-hybridized carbons (Fsp3) is 0.412. The van der Waals surface area contributed by atoms with Crippen LogP contribution < -0.4 is 9.64 Å². The molecule has 0 saturated heterocycles. The number of ether oxygens (including phenoxy) is 2. The molecule has 0 aromatic heterocycles. The Bertz CT molecular complexity index is 622. The normalized spacial score (nSPS) is 16.0. The number of carbonyl (C=O) groups is 1. The van der Waals surface area contributed by atoms with Crippen LogP contribution in [0.2, 0.25) is 0 Å². The van der Waals surface area contributed by atoms with Crippen LogP contribution in [-0.2, 0) is 16.0 Å². The molecule has 2 heterocycles. The van der Waals surface area contributed by atoms with Gasteiger partial charge in [0, 0.05) is 12.6 Å². The van der Waals surface area contributed by atoms with Gasteiger partial charge < -0.3 is 14.4 Å². The van der Waals surface area contributed by atoms with E-state index in [2.05, 4.69) is 16.0 Å². The van der Waals surface area contributed by atoms with Gasteiger partial charge in [-0.3, -0.25) is 9.79 Å². The van der Waals surface area contributed by atoms with Gasteiger partial charge in [0.25, 0.3) is 0 Å². The van der Waals surface area contributed by atoms with E-state index < -0.39 is 0 Å². The molecule has 0 amide bonds. The topological polar surface area (TPSA) is 51.1 Å². The molecule has 1 aromatic carbocycles. The molecule has 0 bridgehead atoms. The summed E-state index contributed by atoms with van der Waals surface area (Å²) in [6.07, 6.45) is 5.26. The van der Waals surface area contributed by atoms with Crippen LogP contribution in [0.4, 0.5) is 5.69 Å². The number of fused-ring (bicyclic) bond motifs is 1. The highest BCUT2D eigenvalue weighted by molar-refractivity contribution is 5.74. The maximum atomic E-state index is 11.6. The summed E-state index contributed by atoms with van der Waals surface area (Å²) in [5.41, 5.74) is 3.05. The van der Waals surface area contributed by atoms with Gasteiger partial charge in [-0.15, -0.1) is 0 Å². The number of benzene rings is 1. The number of allylic oxidation sites excluding steroid dienone is 1. The zero-order valence-corrected chi connectivity index (χ0v) is 12.7. The number of anilines is 1. The van der Waals surface area contributed by atoms with Crippen molar-refractivity contribution in [3.63, 3.8) is 0 Å². The Hall–Kier alpha value is -2.30. The van der Waals surface area contributed by atoms with Gasteiger partial charge >= 0.3 is 5.97 Å². The van der Waals surface area contributed by atoms with E-state index >= 15 is 0 Å². The lowest BCUT2D eigenvalue weighted by Gasteiger charge is -2.31. The van der Waals surface area contributed by atoms with Crippen LogP contribution >= 0.6 is 0 Å². The quantitative estimate of drug-likeness (QED) is 0.783. The first-order valence-corrected chi connectivity index (χ1v) is 7.64. The molecular formula is C17H20N2O3. The smallest absolute Gasteiger partial charge is 0.310 e. The minimum absolute atomic E-state index is 0.200. The van der Waals surface area contributed by atoms with Gasteiger partial charge in [-0.25, -0.2) is 0 Å². The number of esters is 1. The van der Waals surface area contributed by atoms with Crippen molar-refractivity contribution in [2.75, 3.05) is 31.2 Å². The summed E-state index contributed by atoms with van der Waals surface area (Å²) in [6.45, 7) is 4.49. The maximum Gasteiger partial charge on any atom is 0.310 e. The average molecular weight is 300 g/mol. The van der Waals surface area contributed by atoms with Gasteiger partial charge in [-0.05, 0) is 24.6 Å². The van der Waals surface area contributed by atoms with Crippen LogP contribution in [0, 0.1) is 0 Å². The zero-order chi connectivity index (χ0) is 15.4. The summed E-state index contributed by atoms with van der Waals surface area (Å²) in [5.74, 6) is 0.662. The Labute approximate surface area is 130 Å². The van der Waals surface area contributed by atoms with Crippen molar-refractivity contribution in [1.29, 1.82) is 0 Å². The predicted molar refractivity (Wildman–Crippen MR) is 85.7 cm³/mol. The zero-order valence-electron chi connectivity index (χ0n) is 12.7. The average Bonchev–Trinajstić information content (AvgIpc) is 3.01. The minimum atomic E-state index is -0.200. The highest BCUT2D eigenvalue weighted by atomic mass is 16.5.